The van der Waals surface area contributed by atoms with E-state index in [-0.39, 0.29) is 18.0 Å². The molecule has 134 valence electrons. The second-order valence-electron chi connectivity index (χ2n) is 6.26. The second-order valence-corrected chi connectivity index (χ2v) is 7.40. The molecule has 1 atom stereocenters. The summed E-state index contributed by atoms with van der Waals surface area (Å²) in [4.78, 5) is 31.9. The third-order valence-corrected chi connectivity index (χ3v) is 5.03. The number of hydroxylamine groups is 1. The Morgan fingerprint density at radius 1 is 1.36 bits per heavy atom. The highest BCUT2D eigenvalue weighted by Gasteiger charge is 2.37. The molecule has 1 saturated heterocycles. The van der Waals surface area contributed by atoms with Crippen molar-refractivity contribution in [3.8, 4) is 5.75 Å². The number of fused-ring (bicyclic) bond motifs is 5. The molecule has 0 radical (unpaired) electrons. The van der Waals surface area contributed by atoms with Crippen LogP contribution in [0.3, 0.4) is 0 Å². The van der Waals surface area contributed by atoms with Gasteiger partial charge < -0.3 is 24.5 Å². The van der Waals surface area contributed by atoms with E-state index in [2.05, 4.69) is 4.90 Å². The Bertz CT molecular complexity index is 818. The van der Waals surface area contributed by atoms with E-state index >= 15 is 0 Å². The summed E-state index contributed by atoms with van der Waals surface area (Å²) in [6.45, 7) is 1.36. The van der Waals surface area contributed by atoms with Gasteiger partial charge in [0, 0.05) is 19.2 Å². The van der Waals surface area contributed by atoms with Crippen LogP contribution in [0.15, 0.2) is 23.9 Å². The van der Waals surface area contributed by atoms with Gasteiger partial charge in [0.1, 0.15) is 12.3 Å². The number of nitrogens with zero attached hydrogens (tertiary/aromatic N) is 2. The molecule has 4 rings (SSSR count). The maximum Gasteiger partial charge on any atom is 0.491 e. The number of carboxylic acid groups (broad SMARTS) is 1. The first-order valence-electron chi connectivity index (χ1n) is 7.87. The minimum Gasteiger partial charge on any atom is -0.487 e. The highest BCUT2D eigenvalue weighted by atomic mass is 31.2. The summed E-state index contributed by atoms with van der Waals surface area (Å²) in [5.74, 6) is -0.715. The number of hydrogen-bond acceptors (Lipinski definition) is 6. The molecular weight excluding hydrogens is 351 g/mol. The van der Waals surface area contributed by atoms with Gasteiger partial charge in [-0.05, 0) is 24.5 Å². The molecule has 3 aliphatic rings. The fraction of sp³-hybridized carbons (Fsp3) is 0.400. The lowest BCUT2D eigenvalue weighted by Crippen LogP contribution is -2.39. The van der Waals surface area contributed by atoms with Crippen molar-refractivity contribution in [2.24, 2.45) is 0 Å². The number of rotatable bonds is 3. The van der Waals surface area contributed by atoms with Gasteiger partial charge in [-0.15, -0.1) is 0 Å². The lowest BCUT2D eigenvalue weighted by atomic mass is 9.98. The Morgan fingerprint density at radius 2 is 2.16 bits per heavy atom. The van der Waals surface area contributed by atoms with E-state index in [1.54, 1.807) is 6.07 Å². The SMILES string of the molecule is O=C(O)C1=CN(OP(=O)(O)O)c2c(ccc3c2OCC2CCCN32)C1. The zero-order chi connectivity index (χ0) is 17.8. The number of aliphatic carboxylic acids is 1. The monoisotopic (exact) mass is 368 g/mol. The van der Waals surface area contributed by atoms with Crippen LogP contribution in [-0.2, 0) is 20.4 Å². The Hall–Kier alpha value is -2.06. The largest absolute Gasteiger partial charge is 0.491 e. The van der Waals surface area contributed by atoms with Crippen molar-refractivity contribution >= 4 is 25.2 Å². The smallest absolute Gasteiger partial charge is 0.487 e. The Morgan fingerprint density at radius 3 is 2.88 bits per heavy atom. The summed E-state index contributed by atoms with van der Waals surface area (Å²) in [7, 11) is -4.89. The van der Waals surface area contributed by atoms with Crippen LogP contribution in [0.4, 0.5) is 11.4 Å². The first-order valence-corrected chi connectivity index (χ1v) is 9.40. The summed E-state index contributed by atoms with van der Waals surface area (Å²) < 4.78 is 21.9. The van der Waals surface area contributed by atoms with Crippen LogP contribution < -0.4 is 14.7 Å². The van der Waals surface area contributed by atoms with Crippen LogP contribution in [0.25, 0.3) is 0 Å². The van der Waals surface area contributed by atoms with E-state index in [0.29, 0.717) is 23.6 Å². The average molecular weight is 368 g/mol. The van der Waals surface area contributed by atoms with Gasteiger partial charge in [-0.1, -0.05) is 6.07 Å². The molecule has 1 unspecified atom stereocenters. The topological polar surface area (TPSA) is 120 Å². The molecular formula is C15H17N2O7P. The molecule has 1 fully saturated rings. The second kappa shape index (κ2) is 5.74. The molecule has 9 nitrogen and oxygen atoms in total. The van der Waals surface area contributed by atoms with Gasteiger partial charge in [0.05, 0.1) is 17.3 Å². The normalized spacial score (nSPS) is 21.8. The number of benzene rings is 1. The van der Waals surface area contributed by atoms with Crippen molar-refractivity contribution in [1.29, 1.82) is 0 Å². The standard InChI is InChI=1S/C15H17N2O7P/c18-15(19)10-6-9-3-4-12-14(23-8-11-2-1-5-16(11)12)13(9)17(7-10)24-25(20,21)22/h3-4,7,11H,1-2,5-6,8H2,(H,18,19)(H2,20,21,22). The van der Waals surface area contributed by atoms with Crippen molar-refractivity contribution < 1.29 is 33.6 Å². The van der Waals surface area contributed by atoms with Crippen LogP contribution in [0.5, 0.6) is 5.75 Å². The highest BCUT2D eigenvalue weighted by Crippen LogP contribution is 2.50. The quantitative estimate of drug-likeness (QED) is 0.680. The summed E-state index contributed by atoms with van der Waals surface area (Å²) in [6.07, 6.45) is 3.29. The molecule has 0 spiro atoms. The summed E-state index contributed by atoms with van der Waals surface area (Å²) in [6, 6.07) is 3.91. The van der Waals surface area contributed by atoms with E-state index in [4.69, 9.17) is 9.36 Å². The first kappa shape index (κ1) is 16.4. The Kier molecular flexibility index (Phi) is 3.77. The lowest BCUT2D eigenvalue weighted by Gasteiger charge is -2.37. The zero-order valence-corrected chi connectivity index (χ0v) is 14.1. The Balaban J connectivity index is 1.83. The number of hydrogen-bond donors (Lipinski definition) is 3. The lowest BCUT2D eigenvalue weighted by molar-refractivity contribution is -0.132. The molecule has 10 heteroatoms. The van der Waals surface area contributed by atoms with Crippen molar-refractivity contribution in [3.05, 3.63) is 29.5 Å². The first-order chi connectivity index (χ1) is 11.8. The molecule has 1 aromatic carbocycles. The summed E-state index contributed by atoms with van der Waals surface area (Å²) in [5, 5.41) is 10.1. The van der Waals surface area contributed by atoms with Crippen LogP contribution in [0.1, 0.15) is 18.4 Å². The molecule has 3 heterocycles. The van der Waals surface area contributed by atoms with Gasteiger partial charge in [0.15, 0.2) is 5.75 Å². The third-order valence-electron chi connectivity index (χ3n) is 4.64. The van der Waals surface area contributed by atoms with Crippen LogP contribution in [0.2, 0.25) is 0 Å². The van der Waals surface area contributed by atoms with Gasteiger partial charge in [0.25, 0.3) is 0 Å². The van der Waals surface area contributed by atoms with Crippen molar-refractivity contribution in [2.45, 2.75) is 25.3 Å². The number of anilines is 2. The van der Waals surface area contributed by atoms with Crippen LogP contribution >= 0.6 is 7.82 Å². The molecule has 3 aliphatic heterocycles. The van der Waals surface area contributed by atoms with Crippen molar-refractivity contribution in [3.63, 3.8) is 0 Å². The van der Waals surface area contributed by atoms with Gasteiger partial charge in [-0.2, -0.15) is 4.62 Å². The molecule has 0 aromatic heterocycles. The van der Waals surface area contributed by atoms with Gasteiger partial charge >= 0.3 is 13.8 Å². The summed E-state index contributed by atoms with van der Waals surface area (Å²) in [5.41, 5.74) is 1.72. The molecule has 25 heavy (non-hydrogen) atoms. The van der Waals surface area contributed by atoms with Crippen LogP contribution in [0, 0.1) is 0 Å². The molecule has 0 saturated carbocycles. The van der Waals surface area contributed by atoms with Crippen molar-refractivity contribution in [1.82, 2.24) is 0 Å². The maximum atomic E-state index is 11.3. The number of carboxylic acids is 1. The predicted octanol–water partition coefficient (Wildman–Crippen LogP) is 1.40. The van der Waals surface area contributed by atoms with E-state index in [1.165, 1.54) is 0 Å². The third kappa shape index (κ3) is 2.89. The fourth-order valence-electron chi connectivity index (χ4n) is 3.63. The fourth-order valence-corrected chi connectivity index (χ4v) is 3.98. The number of ether oxygens (including phenoxy) is 1. The average Bonchev–Trinajstić information content (AvgIpc) is 3.01. The van der Waals surface area contributed by atoms with Crippen molar-refractivity contribution in [2.75, 3.05) is 23.1 Å². The summed E-state index contributed by atoms with van der Waals surface area (Å²) >= 11 is 0. The zero-order valence-electron chi connectivity index (χ0n) is 13.2. The van der Waals surface area contributed by atoms with Gasteiger partial charge in [0.2, 0.25) is 0 Å². The van der Waals surface area contributed by atoms with Gasteiger partial charge in [-0.25, -0.2) is 14.4 Å². The minimum absolute atomic E-state index is 0.0317. The van der Waals surface area contributed by atoms with Crippen LogP contribution in [-0.4, -0.2) is 40.1 Å². The van der Waals surface area contributed by atoms with E-state index in [1.807, 2.05) is 6.07 Å². The molecule has 1 aromatic rings. The predicted molar refractivity (Wildman–Crippen MR) is 87.3 cm³/mol. The van der Waals surface area contributed by atoms with E-state index < -0.39 is 13.8 Å². The van der Waals surface area contributed by atoms with E-state index in [0.717, 1.165) is 36.3 Å². The molecule has 3 N–H and O–H groups in total. The number of carbonyl (C=O) groups is 1. The van der Waals surface area contributed by atoms with E-state index in [9.17, 15) is 24.3 Å². The highest BCUT2D eigenvalue weighted by molar-refractivity contribution is 7.46. The van der Waals surface area contributed by atoms with Gasteiger partial charge in [-0.3, -0.25) is 0 Å². The number of phosphoric acid groups is 1. The molecule has 0 aliphatic carbocycles. The maximum absolute atomic E-state index is 11.3. The molecule has 0 bridgehead atoms. The minimum atomic E-state index is -4.89. The Labute approximate surface area is 143 Å². The molecule has 0 amide bonds.